The van der Waals surface area contributed by atoms with Gasteiger partial charge in [-0.25, -0.2) is 9.07 Å². The van der Waals surface area contributed by atoms with Crippen LogP contribution >= 0.6 is 0 Å². The Morgan fingerprint density at radius 3 is 2.29 bits per heavy atom. The second-order valence-electron chi connectivity index (χ2n) is 9.60. The van der Waals surface area contributed by atoms with E-state index in [1.54, 1.807) is 23.9 Å². The van der Waals surface area contributed by atoms with Gasteiger partial charge in [0.1, 0.15) is 0 Å². The van der Waals surface area contributed by atoms with Crippen LogP contribution in [0.2, 0.25) is 0 Å². The highest BCUT2D eigenvalue weighted by Crippen LogP contribution is 2.45. The largest absolute Gasteiger partial charge is 0.343 e. The zero-order chi connectivity index (χ0) is 31.3. The Balaban J connectivity index is 0.00000148. The van der Waals surface area contributed by atoms with Crippen LogP contribution in [-0.2, 0) is 5.54 Å². The Hall–Kier alpha value is -4.36. The molecule has 0 bridgehead atoms. The van der Waals surface area contributed by atoms with Gasteiger partial charge in [-0.15, -0.1) is 0 Å². The summed E-state index contributed by atoms with van der Waals surface area (Å²) in [6, 6.07) is 15.7. The number of hydrogen-bond donors (Lipinski definition) is 2. The highest BCUT2D eigenvalue weighted by atomic mass is 19.1. The summed E-state index contributed by atoms with van der Waals surface area (Å²) >= 11 is 0. The highest BCUT2D eigenvalue weighted by molar-refractivity contribution is 5.96. The maximum atomic E-state index is 13.3. The van der Waals surface area contributed by atoms with E-state index in [2.05, 4.69) is 28.3 Å². The molecule has 0 saturated heterocycles. The number of benzene rings is 2. The number of halogens is 1. The molecule has 0 unspecified atom stereocenters. The number of amides is 1. The predicted molar refractivity (Wildman–Crippen MR) is 174 cm³/mol. The number of allylic oxidation sites excluding steroid dienone is 5. The van der Waals surface area contributed by atoms with E-state index < -0.39 is 0 Å². The molecule has 0 aliphatic heterocycles. The Labute approximate surface area is 249 Å². The Morgan fingerprint density at radius 1 is 1.05 bits per heavy atom. The van der Waals surface area contributed by atoms with Crippen LogP contribution in [0.1, 0.15) is 96.3 Å². The van der Waals surface area contributed by atoms with Crippen molar-refractivity contribution >= 4 is 36.1 Å². The third-order valence-electron chi connectivity index (χ3n) is 6.72. The first-order chi connectivity index (χ1) is 20.3. The number of carbonyl (C=O) groups excluding carboxylic acids is 2. The van der Waals surface area contributed by atoms with Crippen LogP contribution in [0.15, 0.2) is 72.6 Å². The van der Waals surface area contributed by atoms with E-state index in [0.29, 0.717) is 28.1 Å². The molecule has 1 saturated carbocycles. The van der Waals surface area contributed by atoms with E-state index in [9.17, 15) is 14.0 Å². The summed E-state index contributed by atoms with van der Waals surface area (Å²) in [5.74, 6) is -0.450. The van der Waals surface area contributed by atoms with Gasteiger partial charge in [0.25, 0.3) is 5.91 Å². The number of aldehydes is 1. The van der Waals surface area contributed by atoms with Crippen molar-refractivity contribution in [2.24, 2.45) is 5.73 Å². The SMILES string of the molecule is C/C=C\n1nc(/C(C)=C/C=C(\C)F)c(C=O)c1/C=C/c1cc(C(=O)NC2(c3ccccc3)CC2)ccc1C.CC.CN. The molecule has 7 heteroatoms. The van der Waals surface area contributed by atoms with Crippen LogP contribution in [0.4, 0.5) is 4.39 Å². The number of nitrogens with two attached hydrogens (primary N) is 1. The molecule has 3 aromatic rings. The van der Waals surface area contributed by atoms with E-state index in [1.165, 1.54) is 20.0 Å². The fourth-order valence-electron chi connectivity index (χ4n) is 4.39. The maximum absolute atomic E-state index is 13.3. The molecule has 0 radical (unpaired) electrons. The van der Waals surface area contributed by atoms with Crippen molar-refractivity contribution in [3.05, 3.63) is 112 Å². The lowest BCUT2D eigenvalue weighted by Crippen LogP contribution is -2.34. The first kappa shape index (κ1) is 33.8. The van der Waals surface area contributed by atoms with E-state index in [4.69, 9.17) is 0 Å². The van der Waals surface area contributed by atoms with Crippen molar-refractivity contribution in [2.75, 3.05) is 7.05 Å². The quantitative estimate of drug-likeness (QED) is 0.202. The normalized spacial score (nSPS) is 14.1. The van der Waals surface area contributed by atoms with Gasteiger partial charge in [0.15, 0.2) is 6.29 Å². The minimum atomic E-state index is -0.333. The van der Waals surface area contributed by atoms with Crippen molar-refractivity contribution in [1.29, 1.82) is 0 Å². The molecule has 4 rings (SSSR count). The van der Waals surface area contributed by atoms with Crippen molar-refractivity contribution in [2.45, 2.75) is 59.9 Å². The van der Waals surface area contributed by atoms with E-state index in [1.807, 2.05) is 82.3 Å². The summed E-state index contributed by atoms with van der Waals surface area (Å²) in [5, 5.41) is 7.80. The summed E-state index contributed by atoms with van der Waals surface area (Å²) < 4.78 is 14.9. The lowest BCUT2D eigenvalue weighted by molar-refractivity contribution is 0.0930. The lowest BCUT2D eigenvalue weighted by Gasteiger charge is -2.18. The van der Waals surface area contributed by atoms with Crippen molar-refractivity contribution in [1.82, 2.24) is 15.1 Å². The summed E-state index contributed by atoms with van der Waals surface area (Å²) in [7, 11) is 1.50. The van der Waals surface area contributed by atoms with Crippen LogP contribution in [-0.4, -0.2) is 29.0 Å². The summed E-state index contributed by atoms with van der Waals surface area (Å²) in [6.45, 7) is 11.0. The number of hydrogen-bond acceptors (Lipinski definition) is 4. The standard InChI is InChI=1S/C32H32FN3O2.C2H6.CH5N/c1-5-19-36-29(28(21-37)30(35-36)23(3)11-13-24(4)33)16-15-25-20-26(14-12-22(25)2)31(38)34-32(17-18-32)27-9-7-6-8-10-27;2*1-2/h5-16,19-21H,17-18H2,1-4H3,(H,34,38);1-2H3;2H2,1H3/b16-15+,19-5-,23-11+,24-13+;;. The van der Waals surface area contributed by atoms with Gasteiger partial charge >= 0.3 is 0 Å². The van der Waals surface area contributed by atoms with Crippen LogP contribution in [0, 0.1) is 6.92 Å². The third kappa shape index (κ3) is 8.33. The fourth-order valence-corrected chi connectivity index (χ4v) is 4.39. The first-order valence-electron chi connectivity index (χ1n) is 14.2. The second-order valence-corrected chi connectivity index (χ2v) is 9.60. The number of aromatic nitrogens is 2. The summed E-state index contributed by atoms with van der Waals surface area (Å²) in [5.41, 5.74) is 9.90. The van der Waals surface area contributed by atoms with E-state index in [-0.39, 0.29) is 17.3 Å². The van der Waals surface area contributed by atoms with Gasteiger partial charge in [0.05, 0.1) is 28.3 Å². The van der Waals surface area contributed by atoms with Crippen LogP contribution in [0.25, 0.3) is 23.9 Å². The molecule has 0 spiro atoms. The smallest absolute Gasteiger partial charge is 0.251 e. The van der Waals surface area contributed by atoms with Crippen molar-refractivity contribution in [3.8, 4) is 0 Å². The average Bonchev–Trinajstić information content (AvgIpc) is 3.71. The van der Waals surface area contributed by atoms with Gasteiger partial charge in [-0.2, -0.15) is 5.10 Å². The minimum Gasteiger partial charge on any atom is -0.343 e. The van der Waals surface area contributed by atoms with Crippen LogP contribution < -0.4 is 11.1 Å². The van der Waals surface area contributed by atoms with Gasteiger partial charge in [0, 0.05) is 11.8 Å². The second kappa shape index (κ2) is 16.2. The Bertz CT molecular complexity index is 1470. The highest BCUT2D eigenvalue weighted by Gasteiger charge is 2.45. The molecule has 6 nitrogen and oxygen atoms in total. The van der Waals surface area contributed by atoms with Crippen molar-refractivity contribution < 1.29 is 14.0 Å². The molecule has 3 N–H and O–H groups in total. The minimum absolute atomic E-state index is 0.118. The van der Waals surface area contributed by atoms with Crippen LogP contribution in [0.5, 0.6) is 0 Å². The number of carbonyl (C=O) groups is 2. The monoisotopic (exact) mass is 570 g/mol. The molecule has 222 valence electrons. The molecule has 0 atom stereocenters. The topological polar surface area (TPSA) is 90.0 Å². The number of rotatable bonds is 9. The maximum Gasteiger partial charge on any atom is 0.251 e. The zero-order valence-corrected chi connectivity index (χ0v) is 25.7. The summed E-state index contributed by atoms with van der Waals surface area (Å²) in [6.07, 6.45) is 12.8. The molecule has 1 aliphatic rings. The Morgan fingerprint density at radius 2 is 1.71 bits per heavy atom. The lowest BCUT2D eigenvalue weighted by atomic mass is 10.0. The van der Waals surface area contributed by atoms with E-state index in [0.717, 1.165) is 35.8 Å². The zero-order valence-electron chi connectivity index (χ0n) is 25.7. The van der Waals surface area contributed by atoms with Gasteiger partial charge in [0.2, 0.25) is 0 Å². The Kier molecular flexibility index (Phi) is 13.0. The number of nitrogens with zero attached hydrogens (tertiary/aromatic N) is 2. The molecule has 1 heterocycles. The molecule has 2 aromatic carbocycles. The molecule has 1 fully saturated rings. The molecular weight excluding hydrogens is 527 g/mol. The van der Waals surface area contributed by atoms with Crippen LogP contribution in [0.3, 0.4) is 0 Å². The predicted octanol–water partition coefficient (Wildman–Crippen LogP) is 7.96. The molecule has 1 aliphatic carbocycles. The molecule has 1 amide bonds. The van der Waals surface area contributed by atoms with Gasteiger partial charge in [-0.1, -0.05) is 68.5 Å². The van der Waals surface area contributed by atoms with Crippen molar-refractivity contribution in [3.63, 3.8) is 0 Å². The average molecular weight is 571 g/mol. The molecule has 1 aromatic heterocycles. The van der Waals surface area contributed by atoms with Gasteiger partial charge < -0.3 is 11.1 Å². The first-order valence-corrected chi connectivity index (χ1v) is 14.2. The van der Waals surface area contributed by atoms with E-state index >= 15 is 0 Å². The molecular formula is C35H43FN4O2. The number of nitrogens with one attached hydrogen (secondary N) is 1. The number of aryl methyl sites for hydroxylation is 1. The fraction of sp³-hybridized carbons (Fsp3) is 0.286. The van der Waals surface area contributed by atoms with Gasteiger partial charge in [-0.3, -0.25) is 9.59 Å². The van der Waals surface area contributed by atoms with Gasteiger partial charge in [-0.05, 0) is 94.1 Å². The molecule has 42 heavy (non-hydrogen) atoms. The third-order valence-corrected chi connectivity index (χ3v) is 6.72. The summed E-state index contributed by atoms with van der Waals surface area (Å²) in [4.78, 5) is 25.3.